The van der Waals surface area contributed by atoms with Crippen LogP contribution in [0.3, 0.4) is 0 Å². The van der Waals surface area contributed by atoms with Crippen LogP contribution in [0, 0.1) is 0 Å². The first-order valence-electron chi connectivity index (χ1n) is 6.46. The minimum Gasteiger partial charge on any atom is -0.369 e. The van der Waals surface area contributed by atoms with E-state index in [9.17, 15) is 4.79 Å². The third-order valence-electron chi connectivity index (χ3n) is 3.89. The number of hydrogen-bond acceptors (Lipinski definition) is 4. The van der Waals surface area contributed by atoms with Gasteiger partial charge in [0.15, 0.2) is 5.96 Å². The fourth-order valence-corrected chi connectivity index (χ4v) is 2.88. The van der Waals surface area contributed by atoms with Crippen molar-refractivity contribution < 1.29 is 0 Å². The Morgan fingerprint density at radius 1 is 1.32 bits per heavy atom. The third-order valence-corrected chi connectivity index (χ3v) is 3.89. The molecule has 0 radical (unpaired) electrons. The zero-order valence-corrected chi connectivity index (χ0v) is 10.6. The van der Waals surface area contributed by atoms with Gasteiger partial charge in [-0.3, -0.25) is 9.36 Å². The molecule has 0 unspecified atom stereocenters. The van der Waals surface area contributed by atoms with Crippen LogP contribution in [0.25, 0.3) is 0 Å². The van der Waals surface area contributed by atoms with Crippen LogP contribution in [-0.2, 0) is 6.54 Å². The van der Waals surface area contributed by atoms with E-state index >= 15 is 0 Å². The first-order chi connectivity index (χ1) is 8.66. The molecule has 1 saturated carbocycles. The molecule has 3 rings (SSSR count). The second-order valence-electron chi connectivity index (χ2n) is 5.15. The van der Waals surface area contributed by atoms with Gasteiger partial charge in [-0.25, -0.2) is 0 Å². The molecule has 0 amide bonds. The standard InChI is InChI=1S/C13H18N4O.CH4/c1-16-8-9-6-7-11(18)17(10-4-2-3-5-10)12(9)15-13(16)14;/h6-7,10H,2-5,8H2,1H3,(H2,14,15);1H4. The molecule has 5 nitrogen and oxygen atoms in total. The van der Waals surface area contributed by atoms with E-state index in [1.807, 2.05) is 22.6 Å². The van der Waals surface area contributed by atoms with Crippen LogP contribution in [-0.4, -0.2) is 22.5 Å². The van der Waals surface area contributed by atoms with Crippen LogP contribution >= 0.6 is 0 Å². The molecule has 1 aliphatic heterocycles. The summed E-state index contributed by atoms with van der Waals surface area (Å²) in [6.45, 7) is 0.720. The number of fused-ring (bicyclic) bond motifs is 1. The van der Waals surface area contributed by atoms with Crippen molar-refractivity contribution in [3.8, 4) is 0 Å². The molecule has 1 aromatic rings. The summed E-state index contributed by atoms with van der Waals surface area (Å²) in [6.07, 6.45) is 4.53. The summed E-state index contributed by atoms with van der Waals surface area (Å²) in [4.78, 5) is 18.4. The van der Waals surface area contributed by atoms with Gasteiger partial charge in [0.1, 0.15) is 5.82 Å². The Bertz CT molecular complexity index is 555. The minimum atomic E-state index is 0. The monoisotopic (exact) mass is 262 g/mol. The molecule has 0 bridgehead atoms. The summed E-state index contributed by atoms with van der Waals surface area (Å²) in [5.74, 6) is 1.25. The van der Waals surface area contributed by atoms with Crippen LogP contribution < -0.4 is 11.3 Å². The van der Waals surface area contributed by atoms with E-state index < -0.39 is 0 Å². The highest BCUT2D eigenvalue weighted by molar-refractivity contribution is 5.82. The molecule has 104 valence electrons. The van der Waals surface area contributed by atoms with Gasteiger partial charge >= 0.3 is 0 Å². The molecule has 0 saturated heterocycles. The highest BCUT2D eigenvalue weighted by Crippen LogP contribution is 2.34. The SMILES string of the molecule is C.CN1Cc2ccc(=O)n(C3CCCC3)c2N=C1N. The topological polar surface area (TPSA) is 63.6 Å². The number of guanidine groups is 1. The highest BCUT2D eigenvalue weighted by Gasteiger charge is 2.24. The molecule has 2 N–H and O–H groups in total. The van der Waals surface area contributed by atoms with Crippen LogP contribution in [0.1, 0.15) is 44.7 Å². The van der Waals surface area contributed by atoms with Gasteiger partial charge < -0.3 is 10.6 Å². The van der Waals surface area contributed by atoms with E-state index in [1.165, 1.54) is 12.8 Å². The lowest BCUT2D eigenvalue weighted by Crippen LogP contribution is -2.37. The molecule has 1 fully saturated rings. The molecule has 2 aliphatic rings. The van der Waals surface area contributed by atoms with Gasteiger partial charge in [-0.1, -0.05) is 20.3 Å². The molecule has 1 aromatic heterocycles. The van der Waals surface area contributed by atoms with Gasteiger partial charge in [-0.2, -0.15) is 4.99 Å². The van der Waals surface area contributed by atoms with Crippen LogP contribution in [0.2, 0.25) is 0 Å². The van der Waals surface area contributed by atoms with Gasteiger partial charge in [-0.05, 0) is 18.9 Å². The summed E-state index contributed by atoms with van der Waals surface area (Å²) in [6, 6.07) is 3.82. The maximum absolute atomic E-state index is 12.1. The molecule has 0 aromatic carbocycles. The number of nitrogens with two attached hydrogens (primary N) is 1. The molecular formula is C14H22N4O. The van der Waals surface area contributed by atoms with Gasteiger partial charge in [0.25, 0.3) is 5.56 Å². The maximum Gasteiger partial charge on any atom is 0.252 e. The fourth-order valence-electron chi connectivity index (χ4n) is 2.88. The van der Waals surface area contributed by atoms with Crippen molar-refractivity contribution >= 4 is 11.8 Å². The molecule has 19 heavy (non-hydrogen) atoms. The average Bonchev–Trinajstić information content (AvgIpc) is 2.85. The van der Waals surface area contributed by atoms with Crippen molar-refractivity contribution in [2.75, 3.05) is 7.05 Å². The smallest absolute Gasteiger partial charge is 0.252 e. The molecular weight excluding hydrogens is 240 g/mol. The Labute approximate surface area is 113 Å². The summed E-state index contributed by atoms with van der Waals surface area (Å²) >= 11 is 0. The Hall–Kier alpha value is -1.78. The summed E-state index contributed by atoms with van der Waals surface area (Å²) in [5.41, 5.74) is 7.00. The lowest BCUT2D eigenvalue weighted by Gasteiger charge is -2.27. The largest absolute Gasteiger partial charge is 0.369 e. The Balaban J connectivity index is 0.00000133. The second-order valence-corrected chi connectivity index (χ2v) is 5.15. The number of pyridine rings is 1. The molecule has 1 aliphatic carbocycles. The Kier molecular flexibility index (Phi) is 3.64. The zero-order chi connectivity index (χ0) is 12.7. The lowest BCUT2D eigenvalue weighted by atomic mass is 10.1. The number of aromatic nitrogens is 1. The predicted molar refractivity (Wildman–Crippen MR) is 77.7 cm³/mol. The molecule has 0 atom stereocenters. The van der Waals surface area contributed by atoms with Crippen molar-refractivity contribution in [1.29, 1.82) is 0 Å². The number of rotatable bonds is 1. The molecule has 2 heterocycles. The van der Waals surface area contributed by atoms with E-state index in [-0.39, 0.29) is 13.0 Å². The van der Waals surface area contributed by atoms with Crippen molar-refractivity contribution in [3.63, 3.8) is 0 Å². The van der Waals surface area contributed by atoms with E-state index in [2.05, 4.69) is 4.99 Å². The van der Waals surface area contributed by atoms with E-state index in [1.54, 1.807) is 6.07 Å². The quantitative estimate of drug-likeness (QED) is 0.841. The third kappa shape index (κ3) is 2.25. The molecule has 0 spiro atoms. The molecule has 5 heteroatoms. The fraction of sp³-hybridized carbons (Fsp3) is 0.571. The van der Waals surface area contributed by atoms with Crippen LogP contribution in [0.15, 0.2) is 21.9 Å². The average molecular weight is 262 g/mol. The van der Waals surface area contributed by atoms with Gasteiger partial charge in [0, 0.05) is 31.3 Å². The number of nitrogens with zero attached hydrogens (tertiary/aromatic N) is 3. The number of hydrogen-bond donors (Lipinski definition) is 1. The first-order valence-corrected chi connectivity index (χ1v) is 6.46. The first kappa shape index (κ1) is 13.6. The van der Waals surface area contributed by atoms with Gasteiger partial charge in [-0.15, -0.1) is 0 Å². The number of aliphatic imine (C=N–C) groups is 1. The van der Waals surface area contributed by atoms with Crippen molar-refractivity contribution in [2.45, 2.75) is 45.7 Å². The summed E-state index contributed by atoms with van der Waals surface area (Å²) < 4.78 is 1.85. The van der Waals surface area contributed by atoms with Gasteiger partial charge in [0.2, 0.25) is 0 Å². The van der Waals surface area contributed by atoms with Gasteiger partial charge in [0.05, 0.1) is 0 Å². The maximum atomic E-state index is 12.1. The Morgan fingerprint density at radius 2 is 2.00 bits per heavy atom. The van der Waals surface area contributed by atoms with Crippen molar-refractivity contribution in [1.82, 2.24) is 9.47 Å². The Morgan fingerprint density at radius 3 is 2.68 bits per heavy atom. The van der Waals surface area contributed by atoms with Crippen LogP contribution in [0.4, 0.5) is 5.82 Å². The van der Waals surface area contributed by atoms with E-state index in [0.717, 1.165) is 30.8 Å². The normalized spacial score (nSPS) is 18.8. The summed E-state index contributed by atoms with van der Waals surface area (Å²) in [5, 5.41) is 0. The second kappa shape index (κ2) is 5.07. The van der Waals surface area contributed by atoms with E-state index in [4.69, 9.17) is 5.73 Å². The predicted octanol–water partition coefficient (Wildman–Crippen LogP) is 1.99. The lowest BCUT2D eigenvalue weighted by molar-refractivity contribution is 0.461. The van der Waals surface area contributed by atoms with Crippen molar-refractivity contribution in [2.24, 2.45) is 10.7 Å². The summed E-state index contributed by atoms with van der Waals surface area (Å²) in [7, 11) is 1.91. The highest BCUT2D eigenvalue weighted by atomic mass is 16.1. The van der Waals surface area contributed by atoms with E-state index in [0.29, 0.717) is 12.0 Å². The van der Waals surface area contributed by atoms with Crippen LogP contribution in [0.5, 0.6) is 0 Å². The van der Waals surface area contributed by atoms with Crippen molar-refractivity contribution in [3.05, 3.63) is 28.0 Å². The minimum absolute atomic E-state index is 0. The zero-order valence-electron chi connectivity index (χ0n) is 10.6.